The van der Waals surface area contributed by atoms with Gasteiger partial charge in [0.05, 0.1) is 18.0 Å². The highest BCUT2D eigenvalue weighted by molar-refractivity contribution is 7.13. The predicted molar refractivity (Wildman–Crippen MR) is 92.9 cm³/mol. The van der Waals surface area contributed by atoms with Crippen LogP contribution in [0.4, 0.5) is 14.9 Å². The number of anilines is 1. The number of hydrogen-bond donors (Lipinski definition) is 2. The van der Waals surface area contributed by atoms with Gasteiger partial charge < -0.3 is 10.1 Å². The Balaban J connectivity index is 1.63. The monoisotopic (exact) mass is 349 g/mol. The van der Waals surface area contributed by atoms with Crippen molar-refractivity contribution in [1.29, 1.82) is 0 Å². The highest BCUT2D eigenvalue weighted by Gasteiger charge is 2.16. The number of benzene rings is 1. The van der Waals surface area contributed by atoms with Gasteiger partial charge in [-0.3, -0.25) is 5.32 Å². The van der Waals surface area contributed by atoms with E-state index < -0.39 is 12.8 Å². The summed E-state index contributed by atoms with van der Waals surface area (Å²) in [6, 6.07) is 7.33. The van der Waals surface area contributed by atoms with Gasteiger partial charge in [-0.25, -0.2) is 14.2 Å². The molecular formula is C17H20FN3O2S. The minimum Gasteiger partial charge on any atom is -0.449 e. The number of ether oxygens (including phenoxy) is 1. The van der Waals surface area contributed by atoms with E-state index in [1.54, 1.807) is 11.4 Å². The van der Waals surface area contributed by atoms with Crippen molar-refractivity contribution >= 4 is 23.1 Å². The normalized spacial score (nSPS) is 15.2. The fourth-order valence-electron chi connectivity index (χ4n) is 2.66. The van der Waals surface area contributed by atoms with E-state index in [9.17, 15) is 9.18 Å². The van der Waals surface area contributed by atoms with Crippen LogP contribution in [0.2, 0.25) is 0 Å². The Hall–Kier alpha value is -1.99. The van der Waals surface area contributed by atoms with Crippen molar-refractivity contribution in [2.24, 2.45) is 5.92 Å². The Morgan fingerprint density at radius 1 is 1.38 bits per heavy atom. The molecule has 1 amide bonds. The molecule has 7 heteroatoms. The third kappa shape index (κ3) is 4.30. The molecule has 1 aromatic heterocycles. The first-order valence-electron chi connectivity index (χ1n) is 8.00. The lowest BCUT2D eigenvalue weighted by molar-refractivity contribution is 0.131. The molecule has 0 saturated carbocycles. The molecule has 1 aliphatic heterocycles. The van der Waals surface area contributed by atoms with Crippen LogP contribution in [0.5, 0.6) is 0 Å². The minimum absolute atomic E-state index is 0.401. The molecule has 0 bridgehead atoms. The Bertz CT molecular complexity index is 686. The van der Waals surface area contributed by atoms with Crippen LogP contribution in [0.25, 0.3) is 10.6 Å². The van der Waals surface area contributed by atoms with Gasteiger partial charge in [0.1, 0.15) is 11.7 Å². The summed E-state index contributed by atoms with van der Waals surface area (Å²) in [5.41, 5.74) is 1.78. The minimum atomic E-state index is -0.593. The Kier molecular flexibility index (Phi) is 5.77. The first kappa shape index (κ1) is 16.9. The lowest BCUT2D eigenvalue weighted by atomic mass is 9.99. The first-order valence-corrected chi connectivity index (χ1v) is 8.88. The summed E-state index contributed by atoms with van der Waals surface area (Å²) in [4.78, 5) is 16.3. The zero-order valence-electron chi connectivity index (χ0n) is 13.3. The quantitative estimate of drug-likeness (QED) is 0.861. The Morgan fingerprint density at radius 2 is 2.17 bits per heavy atom. The largest absolute Gasteiger partial charge is 0.449 e. The van der Waals surface area contributed by atoms with Crippen molar-refractivity contribution in [2.75, 3.05) is 25.0 Å². The number of carbonyl (C=O) groups excluding carboxylic acids is 1. The number of carbonyl (C=O) groups is 1. The summed E-state index contributed by atoms with van der Waals surface area (Å²) in [7, 11) is 0. The van der Waals surface area contributed by atoms with E-state index >= 15 is 0 Å². The number of nitrogens with one attached hydrogen (secondary N) is 2. The number of rotatable bonds is 5. The van der Waals surface area contributed by atoms with E-state index in [0.717, 1.165) is 31.5 Å². The van der Waals surface area contributed by atoms with Gasteiger partial charge in [-0.2, -0.15) is 0 Å². The molecule has 3 rings (SSSR count). The number of para-hydroxylation sites is 1. The van der Waals surface area contributed by atoms with Gasteiger partial charge in [-0.15, -0.1) is 11.3 Å². The van der Waals surface area contributed by atoms with Crippen LogP contribution >= 0.6 is 11.3 Å². The number of thiazole rings is 1. The van der Waals surface area contributed by atoms with Crippen LogP contribution < -0.4 is 10.6 Å². The van der Waals surface area contributed by atoms with Gasteiger partial charge in [-0.05, 0) is 44.0 Å². The molecule has 1 aromatic carbocycles. The second kappa shape index (κ2) is 8.21. The van der Waals surface area contributed by atoms with Gasteiger partial charge in [0.15, 0.2) is 0 Å². The summed E-state index contributed by atoms with van der Waals surface area (Å²) in [6.45, 7) is 1.78. The molecule has 5 nitrogen and oxygen atoms in total. The zero-order valence-corrected chi connectivity index (χ0v) is 14.1. The molecule has 1 fully saturated rings. The van der Waals surface area contributed by atoms with Gasteiger partial charge in [0.2, 0.25) is 0 Å². The van der Waals surface area contributed by atoms with Crippen molar-refractivity contribution in [3.63, 3.8) is 0 Å². The van der Waals surface area contributed by atoms with E-state index in [-0.39, 0.29) is 0 Å². The van der Waals surface area contributed by atoms with Gasteiger partial charge >= 0.3 is 6.09 Å². The number of halogens is 1. The number of piperidine rings is 1. The number of amides is 1. The van der Waals surface area contributed by atoms with E-state index in [1.807, 2.05) is 18.2 Å². The van der Waals surface area contributed by atoms with Crippen LogP contribution in [0.3, 0.4) is 0 Å². The average molecular weight is 349 g/mol. The molecule has 2 heterocycles. The molecular weight excluding hydrogens is 329 g/mol. The first-order chi connectivity index (χ1) is 11.8. The van der Waals surface area contributed by atoms with Gasteiger partial charge in [0.25, 0.3) is 0 Å². The second-order valence-corrected chi connectivity index (χ2v) is 6.60. The fraction of sp³-hybridized carbons (Fsp3) is 0.412. The van der Waals surface area contributed by atoms with Crippen LogP contribution in [0.15, 0.2) is 29.6 Å². The summed E-state index contributed by atoms with van der Waals surface area (Å²) >= 11 is 1.35. The number of hydrogen-bond acceptors (Lipinski definition) is 5. The van der Waals surface area contributed by atoms with E-state index in [0.29, 0.717) is 28.9 Å². The maximum Gasteiger partial charge on any atom is 0.411 e. The molecule has 128 valence electrons. The van der Waals surface area contributed by atoms with Crippen LogP contribution in [0, 0.1) is 5.92 Å². The van der Waals surface area contributed by atoms with Crippen molar-refractivity contribution in [1.82, 2.24) is 10.3 Å². The molecule has 1 aliphatic rings. The van der Waals surface area contributed by atoms with E-state index in [2.05, 4.69) is 15.6 Å². The molecule has 2 N–H and O–H groups in total. The van der Waals surface area contributed by atoms with Crippen molar-refractivity contribution < 1.29 is 13.9 Å². The molecule has 24 heavy (non-hydrogen) atoms. The molecule has 1 saturated heterocycles. The highest BCUT2D eigenvalue weighted by atomic mass is 32.1. The lowest BCUT2D eigenvalue weighted by Crippen LogP contribution is -2.31. The molecule has 0 unspecified atom stereocenters. The third-order valence-corrected chi connectivity index (χ3v) is 4.92. The maximum atomic E-state index is 12.7. The smallest absolute Gasteiger partial charge is 0.411 e. The molecule has 0 radical (unpaired) electrons. The fourth-order valence-corrected chi connectivity index (χ4v) is 3.50. The topological polar surface area (TPSA) is 63.2 Å². The third-order valence-electron chi connectivity index (χ3n) is 3.99. The van der Waals surface area contributed by atoms with Gasteiger partial charge in [-0.1, -0.05) is 12.1 Å². The summed E-state index contributed by atoms with van der Waals surface area (Å²) < 4.78 is 18.0. The standard InChI is InChI=1S/C17H20FN3O2S/c18-9-13-11-24-16(20-13)14-3-1-2-4-15(14)21-17(22)23-10-12-5-7-19-8-6-12/h1-4,11-12,19H,5-10H2,(H,21,22). The maximum absolute atomic E-state index is 12.7. The van der Waals surface area contributed by atoms with Crippen molar-refractivity contribution in [3.05, 3.63) is 35.3 Å². The summed E-state index contributed by atoms with van der Waals surface area (Å²) in [5.74, 6) is 0.415. The van der Waals surface area contributed by atoms with Gasteiger partial charge in [0, 0.05) is 10.9 Å². The van der Waals surface area contributed by atoms with Crippen LogP contribution in [-0.2, 0) is 11.4 Å². The predicted octanol–water partition coefficient (Wildman–Crippen LogP) is 3.83. The number of alkyl halides is 1. The van der Waals surface area contributed by atoms with Crippen LogP contribution in [-0.4, -0.2) is 30.8 Å². The number of aromatic nitrogens is 1. The summed E-state index contributed by atoms with van der Waals surface area (Å²) in [6.07, 6.45) is 1.58. The average Bonchev–Trinajstić information content (AvgIpc) is 3.10. The molecule has 0 spiro atoms. The van der Waals surface area contributed by atoms with Crippen molar-refractivity contribution in [2.45, 2.75) is 19.5 Å². The van der Waals surface area contributed by atoms with E-state index in [4.69, 9.17) is 4.74 Å². The zero-order chi connectivity index (χ0) is 16.8. The summed E-state index contributed by atoms with van der Waals surface area (Å²) in [5, 5.41) is 8.42. The number of nitrogens with zero attached hydrogens (tertiary/aromatic N) is 1. The molecule has 0 aliphatic carbocycles. The Labute approximate surface area is 144 Å². The SMILES string of the molecule is O=C(Nc1ccccc1-c1nc(CF)cs1)OCC1CCNCC1. The second-order valence-electron chi connectivity index (χ2n) is 5.74. The lowest BCUT2D eigenvalue weighted by Gasteiger charge is -2.22. The van der Waals surface area contributed by atoms with Crippen molar-refractivity contribution in [3.8, 4) is 10.6 Å². The highest BCUT2D eigenvalue weighted by Crippen LogP contribution is 2.30. The Morgan fingerprint density at radius 3 is 2.92 bits per heavy atom. The molecule has 0 atom stereocenters. The van der Waals surface area contributed by atoms with Crippen LogP contribution in [0.1, 0.15) is 18.5 Å². The van der Waals surface area contributed by atoms with E-state index in [1.165, 1.54) is 11.3 Å². The molecule has 2 aromatic rings.